The monoisotopic (exact) mass is 380 g/mol. The highest BCUT2D eigenvalue weighted by Gasteiger charge is 2.34. The summed E-state index contributed by atoms with van der Waals surface area (Å²) in [6.07, 6.45) is 3.71. The maximum Gasteiger partial charge on any atom is 0.237 e. The summed E-state index contributed by atoms with van der Waals surface area (Å²) >= 11 is 0. The Balaban J connectivity index is 1.68. The van der Waals surface area contributed by atoms with Crippen LogP contribution in [0, 0.1) is 0 Å². The average Bonchev–Trinajstić information content (AvgIpc) is 3.31. The second-order valence-electron chi connectivity index (χ2n) is 6.54. The minimum absolute atomic E-state index is 0.0585. The first kappa shape index (κ1) is 18.7. The number of carbonyl (C=O) groups excluding carboxylic acids is 1. The molecular formula is C18H24N2O5S. The van der Waals surface area contributed by atoms with Crippen LogP contribution in [-0.2, 0) is 27.7 Å². The van der Waals surface area contributed by atoms with Gasteiger partial charge in [0, 0.05) is 12.6 Å². The fourth-order valence-electron chi connectivity index (χ4n) is 3.36. The lowest BCUT2D eigenvalue weighted by atomic mass is 10.2. The van der Waals surface area contributed by atoms with E-state index in [1.807, 2.05) is 36.1 Å². The zero-order valence-corrected chi connectivity index (χ0v) is 15.7. The number of nitrogens with zero attached hydrogens (tertiary/aromatic N) is 2. The molecule has 7 nitrogen and oxygen atoms in total. The molecule has 8 heteroatoms. The Hall–Kier alpha value is -2.06. The molecule has 0 spiro atoms. The van der Waals surface area contributed by atoms with Gasteiger partial charge in [-0.05, 0) is 37.6 Å². The van der Waals surface area contributed by atoms with E-state index in [0.717, 1.165) is 11.5 Å². The van der Waals surface area contributed by atoms with Crippen LogP contribution in [-0.4, -0.2) is 54.8 Å². The molecule has 1 amide bonds. The molecule has 2 aromatic heterocycles. The lowest BCUT2D eigenvalue weighted by Gasteiger charge is -2.29. The molecule has 3 rings (SSSR count). The number of rotatable bonds is 8. The molecule has 3 heterocycles. The highest BCUT2D eigenvalue weighted by atomic mass is 32.2. The van der Waals surface area contributed by atoms with Gasteiger partial charge in [0.25, 0.3) is 0 Å². The van der Waals surface area contributed by atoms with Crippen molar-refractivity contribution < 1.29 is 22.0 Å². The smallest absolute Gasteiger partial charge is 0.237 e. The summed E-state index contributed by atoms with van der Waals surface area (Å²) in [6.45, 7) is 3.49. The van der Waals surface area contributed by atoms with Gasteiger partial charge >= 0.3 is 0 Å². The summed E-state index contributed by atoms with van der Waals surface area (Å²) < 4.78 is 34.3. The maximum absolute atomic E-state index is 12.9. The van der Waals surface area contributed by atoms with Gasteiger partial charge in [0.2, 0.25) is 5.91 Å². The third-order valence-corrected chi connectivity index (χ3v) is 6.34. The van der Waals surface area contributed by atoms with Gasteiger partial charge in [-0.25, -0.2) is 8.42 Å². The Kier molecular flexibility index (Phi) is 5.83. The van der Waals surface area contributed by atoms with Crippen LogP contribution in [0.5, 0.6) is 0 Å². The largest absolute Gasteiger partial charge is 0.468 e. The number of carbonyl (C=O) groups is 1. The molecule has 0 saturated carbocycles. The Morgan fingerprint density at radius 2 is 1.77 bits per heavy atom. The van der Waals surface area contributed by atoms with Crippen LogP contribution < -0.4 is 0 Å². The molecule has 0 radical (unpaired) electrons. The van der Waals surface area contributed by atoms with Crippen LogP contribution in [0.4, 0.5) is 0 Å². The minimum Gasteiger partial charge on any atom is -0.468 e. The van der Waals surface area contributed by atoms with Gasteiger partial charge in [-0.3, -0.25) is 9.69 Å². The van der Waals surface area contributed by atoms with Gasteiger partial charge in [0.1, 0.15) is 11.5 Å². The highest BCUT2D eigenvalue weighted by molar-refractivity contribution is 7.91. The van der Waals surface area contributed by atoms with Crippen molar-refractivity contribution in [2.75, 3.05) is 24.6 Å². The zero-order chi connectivity index (χ0) is 18.6. The third kappa shape index (κ3) is 4.76. The summed E-state index contributed by atoms with van der Waals surface area (Å²) in [6, 6.07) is 7.11. The first-order chi connectivity index (χ1) is 12.5. The van der Waals surface area contributed by atoms with Crippen LogP contribution in [0.15, 0.2) is 45.6 Å². The molecule has 0 aliphatic carbocycles. The molecular weight excluding hydrogens is 356 g/mol. The van der Waals surface area contributed by atoms with Crippen molar-refractivity contribution in [2.24, 2.45) is 0 Å². The summed E-state index contributed by atoms with van der Waals surface area (Å²) in [5, 5.41) is 0. The SMILES string of the molecule is CCN(C(=O)CN(Cc1ccco1)Cc1ccco1)[C@H]1CCS(=O)(=O)C1. The van der Waals surface area contributed by atoms with Crippen LogP contribution in [0.25, 0.3) is 0 Å². The van der Waals surface area contributed by atoms with Crippen molar-refractivity contribution in [3.8, 4) is 0 Å². The van der Waals surface area contributed by atoms with Gasteiger partial charge in [0.05, 0.1) is 43.7 Å². The Morgan fingerprint density at radius 3 is 2.19 bits per heavy atom. The molecule has 2 aromatic rings. The lowest BCUT2D eigenvalue weighted by molar-refractivity contribution is -0.134. The molecule has 1 fully saturated rings. The van der Waals surface area contributed by atoms with Gasteiger partial charge in [-0.1, -0.05) is 0 Å². The molecule has 0 bridgehead atoms. The Labute approximate surface area is 153 Å². The van der Waals surface area contributed by atoms with Gasteiger partial charge in [-0.2, -0.15) is 0 Å². The van der Waals surface area contributed by atoms with E-state index in [2.05, 4.69) is 0 Å². The molecule has 142 valence electrons. The van der Waals surface area contributed by atoms with Crippen LogP contribution in [0.1, 0.15) is 24.9 Å². The Morgan fingerprint density at radius 1 is 1.15 bits per heavy atom. The van der Waals surface area contributed by atoms with Crippen molar-refractivity contribution in [3.63, 3.8) is 0 Å². The van der Waals surface area contributed by atoms with Crippen LogP contribution in [0.3, 0.4) is 0 Å². The third-order valence-electron chi connectivity index (χ3n) is 4.59. The zero-order valence-electron chi connectivity index (χ0n) is 14.8. The molecule has 26 heavy (non-hydrogen) atoms. The van der Waals surface area contributed by atoms with Crippen molar-refractivity contribution in [2.45, 2.75) is 32.5 Å². The van der Waals surface area contributed by atoms with Crippen LogP contribution in [0.2, 0.25) is 0 Å². The van der Waals surface area contributed by atoms with Crippen molar-refractivity contribution in [1.82, 2.24) is 9.80 Å². The van der Waals surface area contributed by atoms with E-state index in [9.17, 15) is 13.2 Å². The summed E-state index contributed by atoms with van der Waals surface area (Å²) in [4.78, 5) is 16.5. The number of sulfone groups is 1. The standard InChI is InChI=1S/C18H24N2O5S/c1-2-20(15-7-10-26(22,23)14-15)18(21)13-19(11-16-5-3-8-24-16)12-17-6-4-9-25-17/h3-6,8-9,15H,2,7,10-14H2,1H3/t15-/m0/s1. The highest BCUT2D eigenvalue weighted by Crippen LogP contribution is 2.19. The second kappa shape index (κ2) is 8.09. The summed E-state index contributed by atoms with van der Waals surface area (Å²) in [5.41, 5.74) is 0. The predicted molar refractivity (Wildman–Crippen MR) is 96.0 cm³/mol. The molecule has 1 aliphatic rings. The molecule has 0 unspecified atom stereocenters. The summed E-state index contributed by atoms with van der Waals surface area (Å²) in [7, 11) is -3.03. The molecule has 1 saturated heterocycles. The van der Waals surface area contributed by atoms with E-state index in [-0.39, 0.29) is 30.0 Å². The van der Waals surface area contributed by atoms with E-state index < -0.39 is 9.84 Å². The molecule has 1 aliphatic heterocycles. The van der Waals surface area contributed by atoms with E-state index in [0.29, 0.717) is 26.1 Å². The summed E-state index contributed by atoms with van der Waals surface area (Å²) in [5.74, 6) is 1.66. The predicted octanol–water partition coefficient (Wildman–Crippen LogP) is 1.91. The van der Waals surface area contributed by atoms with Crippen molar-refractivity contribution in [3.05, 3.63) is 48.3 Å². The maximum atomic E-state index is 12.9. The number of likely N-dealkylation sites (N-methyl/N-ethyl adjacent to an activating group) is 1. The van der Waals surface area contributed by atoms with E-state index in [1.165, 1.54) is 0 Å². The van der Waals surface area contributed by atoms with Gasteiger partial charge in [-0.15, -0.1) is 0 Å². The second-order valence-corrected chi connectivity index (χ2v) is 8.77. The number of hydrogen-bond acceptors (Lipinski definition) is 6. The van der Waals surface area contributed by atoms with E-state index in [1.54, 1.807) is 17.4 Å². The first-order valence-corrected chi connectivity index (χ1v) is 10.6. The van der Waals surface area contributed by atoms with Crippen LogP contribution >= 0.6 is 0 Å². The molecule has 0 aromatic carbocycles. The molecule has 0 N–H and O–H groups in total. The minimum atomic E-state index is -3.03. The number of furan rings is 2. The van der Waals surface area contributed by atoms with Gasteiger partial charge in [0.15, 0.2) is 9.84 Å². The fraction of sp³-hybridized carbons (Fsp3) is 0.500. The van der Waals surface area contributed by atoms with Crippen molar-refractivity contribution >= 4 is 15.7 Å². The Bertz CT molecular complexity index is 763. The van der Waals surface area contributed by atoms with Crippen molar-refractivity contribution in [1.29, 1.82) is 0 Å². The van der Waals surface area contributed by atoms with Gasteiger partial charge < -0.3 is 13.7 Å². The average molecular weight is 380 g/mol. The fourth-order valence-corrected chi connectivity index (χ4v) is 5.09. The first-order valence-electron chi connectivity index (χ1n) is 8.74. The lowest BCUT2D eigenvalue weighted by Crippen LogP contribution is -2.45. The topological polar surface area (TPSA) is 84.0 Å². The van der Waals surface area contributed by atoms with E-state index >= 15 is 0 Å². The van der Waals surface area contributed by atoms with E-state index in [4.69, 9.17) is 8.83 Å². The quantitative estimate of drug-likeness (QED) is 0.696. The number of amides is 1. The normalized spacial score (nSPS) is 19.1. The number of hydrogen-bond donors (Lipinski definition) is 0. The molecule has 1 atom stereocenters.